The Kier molecular flexibility index (Phi) is 11.9. The van der Waals surface area contributed by atoms with Gasteiger partial charge in [-0.05, 0) is 45.6 Å². The van der Waals surface area contributed by atoms with Crippen LogP contribution < -0.4 is 15.4 Å². The van der Waals surface area contributed by atoms with E-state index in [1.54, 1.807) is 7.05 Å². The van der Waals surface area contributed by atoms with Gasteiger partial charge >= 0.3 is 0 Å². The molecule has 1 saturated heterocycles. The van der Waals surface area contributed by atoms with Crippen LogP contribution in [-0.4, -0.2) is 88.4 Å². The van der Waals surface area contributed by atoms with E-state index in [1.165, 1.54) is 0 Å². The fourth-order valence-electron chi connectivity index (χ4n) is 3.08. The van der Waals surface area contributed by atoms with Gasteiger partial charge in [-0.1, -0.05) is 12.1 Å². The number of benzene rings is 1. The van der Waals surface area contributed by atoms with Crippen LogP contribution in [0.5, 0.6) is 5.75 Å². The van der Waals surface area contributed by atoms with E-state index in [2.05, 4.69) is 51.4 Å². The lowest BCUT2D eigenvalue weighted by atomic mass is 10.0. The number of nitrogens with one attached hydrogen (secondary N) is 2. The molecule has 0 aromatic heterocycles. The first-order valence-corrected chi connectivity index (χ1v) is 10.0. The zero-order valence-electron chi connectivity index (χ0n) is 18.5. The van der Waals surface area contributed by atoms with Gasteiger partial charge < -0.3 is 25.0 Å². The molecule has 0 spiro atoms. The Morgan fingerprint density at radius 2 is 1.97 bits per heavy atom. The number of hydrogen-bond donors (Lipinski definition) is 2. The summed E-state index contributed by atoms with van der Waals surface area (Å²) in [7, 11) is 5.89. The van der Waals surface area contributed by atoms with Crippen molar-refractivity contribution >= 4 is 29.9 Å². The number of aliphatic imine (C=N–C) groups is 1. The first kappa shape index (κ1) is 25.9. The highest BCUT2D eigenvalue weighted by Gasteiger charge is 2.28. The highest BCUT2D eigenvalue weighted by Crippen LogP contribution is 2.15. The number of morpholine rings is 1. The molecule has 1 aromatic carbocycles. The van der Waals surface area contributed by atoms with E-state index in [9.17, 15) is 0 Å². The summed E-state index contributed by atoms with van der Waals surface area (Å²) in [5, 5.41) is 6.85. The standard InChI is InChI=1S/C21H37N5O2.HI/c1-21(2,26-10-12-27-13-11-26)17-24-20(22-3)23-16-18-7-6-8-19(15-18)28-14-9-25(4)5;/h6-8,15H,9-14,16-17H2,1-5H3,(H2,22,23,24);1H. The maximum absolute atomic E-state index is 5.82. The van der Waals surface area contributed by atoms with Crippen molar-refractivity contribution in [2.75, 3.05) is 67.1 Å². The Morgan fingerprint density at radius 1 is 1.24 bits per heavy atom. The van der Waals surface area contributed by atoms with Crippen molar-refractivity contribution in [1.29, 1.82) is 0 Å². The molecule has 1 heterocycles. The molecule has 0 aliphatic carbocycles. The van der Waals surface area contributed by atoms with Crippen molar-refractivity contribution in [2.24, 2.45) is 4.99 Å². The van der Waals surface area contributed by atoms with Gasteiger partial charge in [-0.15, -0.1) is 24.0 Å². The molecule has 2 N–H and O–H groups in total. The lowest BCUT2D eigenvalue weighted by Crippen LogP contribution is -2.56. The molecule has 1 aliphatic heterocycles. The van der Waals surface area contributed by atoms with Crippen LogP contribution in [0.3, 0.4) is 0 Å². The zero-order valence-corrected chi connectivity index (χ0v) is 20.9. The molecule has 1 aromatic rings. The Balaban J connectivity index is 0.00000420. The van der Waals surface area contributed by atoms with E-state index in [0.717, 1.165) is 56.7 Å². The number of hydrogen-bond acceptors (Lipinski definition) is 5. The summed E-state index contributed by atoms with van der Waals surface area (Å²) in [6, 6.07) is 8.20. The number of rotatable bonds is 9. The van der Waals surface area contributed by atoms with Gasteiger partial charge in [0, 0.05) is 45.3 Å². The van der Waals surface area contributed by atoms with Gasteiger partial charge in [0.25, 0.3) is 0 Å². The van der Waals surface area contributed by atoms with Crippen molar-refractivity contribution < 1.29 is 9.47 Å². The second-order valence-electron chi connectivity index (χ2n) is 7.99. The summed E-state index contributed by atoms with van der Waals surface area (Å²) in [4.78, 5) is 8.93. The minimum Gasteiger partial charge on any atom is -0.492 e. The molecule has 166 valence electrons. The van der Waals surface area contributed by atoms with Crippen LogP contribution in [0.15, 0.2) is 29.3 Å². The minimum atomic E-state index is 0. The number of halogens is 1. The molecular formula is C21H38IN5O2. The minimum absolute atomic E-state index is 0. The Morgan fingerprint density at radius 3 is 2.62 bits per heavy atom. The normalized spacial score (nSPS) is 15.7. The molecule has 0 unspecified atom stereocenters. The molecule has 29 heavy (non-hydrogen) atoms. The number of ether oxygens (including phenoxy) is 2. The first-order valence-electron chi connectivity index (χ1n) is 10.0. The van der Waals surface area contributed by atoms with Crippen LogP contribution >= 0.6 is 24.0 Å². The van der Waals surface area contributed by atoms with Crippen molar-refractivity contribution in [1.82, 2.24) is 20.4 Å². The summed E-state index contributed by atoms with van der Waals surface area (Å²) >= 11 is 0. The van der Waals surface area contributed by atoms with Crippen LogP contribution in [0.25, 0.3) is 0 Å². The van der Waals surface area contributed by atoms with Crippen molar-refractivity contribution in [3.63, 3.8) is 0 Å². The van der Waals surface area contributed by atoms with Crippen LogP contribution in [0.4, 0.5) is 0 Å². The van der Waals surface area contributed by atoms with Gasteiger partial charge in [0.2, 0.25) is 0 Å². The third kappa shape index (κ3) is 9.50. The van der Waals surface area contributed by atoms with Gasteiger partial charge in [0.15, 0.2) is 5.96 Å². The van der Waals surface area contributed by atoms with Gasteiger partial charge in [-0.3, -0.25) is 9.89 Å². The summed E-state index contributed by atoms with van der Waals surface area (Å²) < 4.78 is 11.3. The highest BCUT2D eigenvalue weighted by molar-refractivity contribution is 14.0. The van der Waals surface area contributed by atoms with Crippen molar-refractivity contribution in [3.8, 4) is 5.75 Å². The van der Waals surface area contributed by atoms with Crippen LogP contribution in [0, 0.1) is 0 Å². The molecular weight excluding hydrogens is 481 g/mol. The number of likely N-dealkylation sites (N-methyl/N-ethyl adjacent to an activating group) is 1. The topological polar surface area (TPSA) is 61.4 Å². The zero-order chi connectivity index (χ0) is 20.4. The summed E-state index contributed by atoms with van der Waals surface area (Å²) in [6.07, 6.45) is 0. The van der Waals surface area contributed by atoms with E-state index in [0.29, 0.717) is 13.2 Å². The average molecular weight is 519 g/mol. The first-order chi connectivity index (χ1) is 13.4. The fraction of sp³-hybridized carbons (Fsp3) is 0.667. The van der Waals surface area contributed by atoms with Crippen molar-refractivity contribution in [3.05, 3.63) is 29.8 Å². The molecule has 0 atom stereocenters. The Labute approximate surface area is 193 Å². The molecule has 1 aliphatic rings. The highest BCUT2D eigenvalue weighted by atomic mass is 127. The van der Waals surface area contributed by atoms with Crippen LogP contribution in [-0.2, 0) is 11.3 Å². The third-order valence-corrected chi connectivity index (χ3v) is 4.94. The molecule has 8 heteroatoms. The van der Waals surface area contributed by atoms with Crippen molar-refractivity contribution in [2.45, 2.75) is 25.9 Å². The van der Waals surface area contributed by atoms with E-state index in [1.807, 2.05) is 26.2 Å². The quantitative estimate of drug-likeness (QED) is 0.296. The molecule has 0 radical (unpaired) electrons. The summed E-state index contributed by atoms with van der Waals surface area (Å²) in [5.74, 6) is 1.71. The summed E-state index contributed by atoms with van der Waals surface area (Å²) in [6.45, 7) is 11.2. The lowest BCUT2D eigenvalue weighted by molar-refractivity contribution is -0.00834. The van der Waals surface area contributed by atoms with E-state index >= 15 is 0 Å². The number of nitrogens with zero attached hydrogens (tertiary/aromatic N) is 3. The second kappa shape index (κ2) is 13.3. The maximum atomic E-state index is 5.82. The van der Waals surface area contributed by atoms with Crippen LogP contribution in [0.2, 0.25) is 0 Å². The van der Waals surface area contributed by atoms with E-state index in [-0.39, 0.29) is 29.5 Å². The van der Waals surface area contributed by atoms with Gasteiger partial charge in [-0.2, -0.15) is 0 Å². The Bertz CT molecular complexity index is 619. The smallest absolute Gasteiger partial charge is 0.191 e. The monoisotopic (exact) mass is 519 g/mol. The maximum Gasteiger partial charge on any atom is 0.191 e. The SMILES string of the molecule is CN=C(NCc1cccc(OCCN(C)C)c1)NCC(C)(C)N1CCOCC1.I. The molecule has 1 fully saturated rings. The molecule has 0 bridgehead atoms. The van der Waals surface area contributed by atoms with Crippen LogP contribution in [0.1, 0.15) is 19.4 Å². The third-order valence-electron chi connectivity index (χ3n) is 4.94. The summed E-state index contributed by atoms with van der Waals surface area (Å²) in [5.41, 5.74) is 1.21. The fourth-order valence-corrected chi connectivity index (χ4v) is 3.08. The Hall–Kier alpha value is -1.10. The van der Waals surface area contributed by atoms with Gasteiger partial charge in [0.1, 0.15) is 12.4 Å². The second-order valence-corrected chi connectivity index (χ2v) is 7.99. The predicted molar refractivity (Wildman–Crippen MR) is 131 cm³/mol. The molecule has 0 saturated carbocycles. The van der Waals surface area contributed by atoms with Gasteiger partial charge in [-0.25, -0.2) is 0 Å². The largest absolute Gasteiger partial charge is 0.492 e. The average Bonchev–Trinajstić information content (AvgIpc) is 2.69. The van der Waals surface area contributed by atoms with Gasteiger partial charge in [0.05, 0.1) is 13.2 Å². The van der Waals surface area contributed by atoms with E-state index in [4.69, 9.17) is 9.47 Å². The molecule has 7 nitrogen and oxygen atoms in total. The number of guanidine groups is 1. The molecule has 2 rings (SSSR count). The van der Waals surface area contributed by atoms with E-state index < -0.39 is 0 Å². The predicted octanol–water partition coefficient (Wildman–Crippen LogP) is 2.02. The molecule has 0 amide bonds. The lowest BCUT2D eigenvalue weighted by Gasteiger charge is -2.41.